The zero-order valence-corrected chi connectivity index (χ0v) is 19.1. The Morgan fingerprint density at radius 3 is 2.42 bits per heavy atom. The molecule has 0 aromatic heterocycles. The van der Waals surface area contributed by atoms with Crippen LogP contribution < -0.4 is 4.74 Å². The van der Waals surface area contributed by atoms with E-state index in [1.54, 1.807) is 12.1 Å². The number of Topliss-reactive ketones (excluding diaryl/α,β-unsaturated/α-hetero) is 1. The molecular formula is C27H31F3O3. The van der Waals surface area contributed by atoms with Gasteiger partial charge in [-0.2, -0.15) is 0 Å². The highest BCUT2D eigenvalue weighted by Gasteiger charge is 2.59. The number of aliphatic hydroxyl groups is 1. The third kappa shape index (κ3) is 3.84. The van der Waals surface area contributed by atoms with Gasteiger partial charge >= 0.3 is 6.36 Å². The van der Waals surface area contributed by atoms with Gasteiger partial charge in [0.15, 0.2) is 5.78 Å². The molecule has 1 N–H and O–H groups in total. The van der Waals surface area contributed by atoms with Gasteiger partial charge in [-0.05, 0) is 97.5 Å². The molecule has 0 heterocycles. The van der Waals surface area contributed by atoms with Crippen LogP contribution in [-0.2, 0) is 4.79 Å². The van der Waals surface area contributed by atoms with Crippen LogP contribution in [0.4, 0.5) is 13.2 Å². The molecule has 4 aliphatic rings. The molecule has 33 heavy (non-hydrogen) atoms. The Balaban J connectivity index is 1.40. The predicted octanol–water partition coefficient (Wildman–Crippen LogP) is 6.47. The Kier molecular flexibility index (Phi) is 5.31. The molecule has 1 aromatic carbocycles. The van der Waals surface area contributed by atoms with Crippen LogP contribution in [0.5, 0.6) is 5.75 Å². The van der Waals surface area contributed by atoms with Gasteiger partial charge in [0.1, 0.15) is 5.75 Å². The van der Waals surface area contributed by atoms with Crippen molar-refractivity contribution in [1.82, 2.24) is 0 Å². The van der Waals surface area contributed by atoms with Crippen LogP contribution >= 0.6 is 0 Å². The molecule has 6 unspecified atom stereocenters. The standard InChI is InChI=1S/C27H31F3O3/c1-25-11-9-19(31)15-18(25)5-8-21-22(25)10-12-26(2)23(21)14-17(24(26)32)13-16-3-6-20(7-4-16)33-27(28,29)30/h3-7,13,19,21-23,31H,8-12,14-15H2,1-2H3/b17-13+. The van der Waals surface area contributed by atoms with Gasteiger partial charge in [0, 0.05) is 5.41 Å². The van der Waals surface area contributed by atoms with E-state index in [0.717, 1.165) is 50.5 Å². The van der Waals surface area contributed by atoms with Crippen LogP contribution in [0.3, 0.4) is 0 Å². The SMILES string of the molecule is CC12CCC3C(CC=C4CC(O)CCC43C)C1C/C(=C\c1ccc(OC(F)(F)F)cc1)C2=O. The van der Waals surface area contributed by atoms with Crippen molar-refractivity contribution < 1.29 is 27.8 Å². The van der Waals surface area contributed by atoms with E-state index in [-0.39, 0.29) is 34.4 Å². The summed E-state index contributed by atoms with van der Waals surface area (Å²) in [6, 6.07) is 5.71. The minimum absolute atomic E-state index is 0.118. The van der Waals surface area contributed by atoms with Gasteiger partial charge in [-0.15, -0.1) is 13.2 Å². The highest BCUT2D eigenvalue weighted by atomic mass is 19.4. The van der Waals surface area contributed by atoms with E-state index in [9.17, 15) is 23.1 Å². The zero-order chi connectivity index (χ0) is 23.6. The topological polar surface area (TPSA) is 46.5 Å². The summed E-state index contributed by atoms with van der Waals surface area (Å²) >= 11 is 0. The van der Waals surface area contributed by atoms with Crippen LogP contribution in [0.2, 0.25) is 0 Å². The Morgan fingerprint density at radius 1 is 1.03 bits per heavy atom. The first-order valence-electron chi connectivity index (χ1n) is 12.0. The van der Waals surface area contributed by atoms with Crippen molar-refractivity contribution in [2.24, 2.45) is 28.6 Å². The second-order valence-corrected chi connectivity index (χ2v) is 10.9. The first kappa shape index (κ1) is 22.7. The van der Waals surface area contributed by atoms with E-state index < -0.39 is 6.36 Å². The van der Waals surface area contributed by atoms with Gasteiger partial charge in [-0.1, -0.05) is 37.6 Å². The lowest BCUT2D eigenvalue weighted by Crippen LogP contribution is -2.50. The van der Waals surface area contributed by atoms with Crippen molar-refractivity contribution >= 4 is 11.9 Å². The van der Waals surface area contributed by atoms with E-state index >= 15 is 0 Å². The summed E-state index contributed by atoms with van der Waals surface area (Å²) in [5.74, 6) is 1.20. The van der Waals surface area contributed by atoms with Gasteiger partial charge in [0.05, 0.1) is 6.10 Å². The van der Waals surface area contributed by atoms with Crippen molar-refractivity contribution in [1.29, 1.82) is 0 Å². The van der Waals surface area contributed by atoms with Crippen molar-refractivity contribution in [3.63, 3.8) is 0 Å². The second-order valence-electron chi connectivity index (χ2n) is 10.9. The fourth-order valence-corrected chi connectivity index (χ4v) is 7.41. The molecule has 0 spiro atoms. The number of carbonyl (C=O) groups excluding carboxylic acids is 1. The Morgan fingerprint density at radius 2 is 1.73 bits per heavy atom. The van der Waals surface area contributed by atoms with Crippen LogP contribution in [-0.4, -0.2) is 23.4 Å². The molecule has 0 radical (unpaired) electrons. The number of alkyl halides is 3. The predicted molar refractivity (Wildman–Crippen MR) is 119 cm³/mol. The number of carbonyl (C=O) groups is 1. The van der Waals surface area contributed by atoms with Crippen LogP contribution in [0.1, 0.15) is 64.4 Å². The summed E-state index contributed by atoms with van der Waals surface area (Å²) in [5, 5.41) is 10.2. The number of fused-ring (bicyclic) bond motifs is 5. The maximum atomic E-state index is 13.5. The molecule has 0 amide bonds. The van der Waals surface area contributed by atoms with E-state index in [0.29, 0.717) is 17.4 Å². The van der Waals surface area contributed by atoms with E-state index in [1.165, 1.54) is 17.7 Å². The number of halogens is 3. The lowest BCUT2D eigenvalue weighted by molar-refractivity contribution is -0.274. The third-order valence-corrected chi connectivity index (χ3v) is 9.17. The summed E-state index contributed by atoms with van der Waals surface area (Å²) in [7, 11) is 0. The van der Waals surface area contributed by atoms with Crippen molar-refractivity contribution in [2.75, 3.05) is 0 Å². The number of allylic oxidation sites excluding steroid dienone is 2. The lowest BCUT2D eigenvalue weighted by atomic mass is 9.48. The molecule has 6 atom stereocenters. The lowest BCUT2D eigenvalue weighted by Gasteiger charge is -2.56. The van der Waals surface area contributed by atoms with Gasteiger partial charge < -0.3 is 9.84 Å². The second kappa shape index (κ2) is 7.72. The van der Waals surface area contributed by atoms with Gasteiger partial charge in [0.2, 0.25) is 0 Å². The smallest absolute Gasteiger partial charge is 0.406 e. The molecule has 0 bridgehead atoms. The van der Waals surface area contributed by atoms with Crippen LogP contribution in [0.25, 0.3) is 6.08 Å². The third-order valence-electron chi connectivity index (χ3n) is 9.17. The molecule has 0 aliphatic heterocycles. The molecule has 3 fully saturated rings. The average molecular weight is 461 g/mol. The Bertz CT molecular complexity index is 1010. The fraction of sp³-hybridized carbons (Fsp3) is 0.593. The van der Waals surface area contributed by atoms with Gasteiger partial charge in [0.25, 0.3) is 0 Å². The monoisotopic (exact) mass is 460 g/mol. The maximum Gasteiger partial charge on any atom is 0.573 e. The molecular weight excluding hydrogens is 429 g/mol. The summed E-state index contributed by atoms with van der Waals surface area (Å²) in [4.78, 5) is 13.5. The minimum atomic E-state index is -4.72. The van der Waals surface area contributed by atoms with E-state index in [2.05, 4.69) is 24.7 Å². The molecule has 5 rings (SSSR count). The first-order chi connectivity index (χ1) is 15.5. The van der Waals surface area contributed by atoms with Crippen molar-refractivity contribution in [2.45, 2.75) is 71.3 Å². The average Bonchev–Trinajstić information content (AvgIpc) is 2.99. The summed E-state index contributed by atoms with van der Waals surface area (Å²) in [6.45, 7) is 4.48. The molecule has 178 valence electrons. The van der Waals surface area contributed by atoms with Gasteiger partial charge in [-0.3, -0.25) is 4.79 Å². The number of rotatable bonds is 2. The number of ether oxygens (including phenoxy) is 1. The number of ketones is 1. The van der Waals surface area contributed by atoms with Crippen molar-refractivity contribution in [3.05, 3.63) is 47.1 Å². The highest BCUT2D eigenvalue weighted by molar-refractivity contribution is 6.05. The Labute approximate surface area is 192 Å². The van der Waals surface area contributed by atoms with Gasteiger partial charge in [-0.25, -0.2) is 0 Å². The quantitative estimate of drug-likeness (QED) is 0.406. The summed E-state index contributed by atoms with van der Waals surface area (Å²) in [5.41, 5.74) is 2.65. The maximum absolute atomic E-state index is 13.5. The highest BCUT2D eigenvalue weighted by Crippen LogP contribution is 2.64. The zero-order valence-electron chi connectivity index (χ0n) is 19.1. The summed E-state index contributed by atoms with van der Waals surface area (Å²) in [6.07, 6.45) is 5.47. The van der Waals surface area contributed by atoms with E-state index in [4.69, 9.17) is 0 Å². The summed E-state index contributed by atoms with van der Waals surface area (Å²) < 4.78 is 41.2. The van der Waals surface area contributed by atoms with Crippen LogP contribution in [0, 0.1) is 28.6 Å². The number of aliphatic hydroxyl groups excluding tert-OH is 1. The van der Waals surface area contributed by atoms with E-state index in [1.807, 2.05) is 6.08 Å². The molecule has 1 aromatic rings. The molecule has 3 nitrogen and oxygen atoms in total. The number of hydrogen-bond donors (Lipinski definition) is 1. The Hall–Kier alpha value is -2.08. The molecule has 0 saturated heterocycles. The number of benzene rings is 1. The largest absolute Gasteiger partial charge is 0.573 e. The molecule has 6 heteroatoms. The first-order valence-corrected chi connectivity index (χ1v) is 12.0. The van der Waals surface area contributed by atoms with Crippen LogP contribution in [0.15, 0.2) is 41.5 Å². The fourth-order valence-electron chi connectivity index (χ4n) is 7.41. The van der Waals surface area contributed by atoms with Crippen molar-refractivity contribution in [3.8, 4) is 5.75 Å². The molecule has 4 aliphatic carbocycles. The number of hydrogen-bond acceptors (Lipinski definition) is 3. The normalized spacial score (nSPS) is 39.5. The minimum Gasteiger partial charge on any atom is -0.406 e. The molecule has 3 saturated carbocycles.